The Morgan fingerprint density at radius 1 is 1.50 bits per heavy atom. The van der Waals surface area contributed by atoms with Crippen LogP contribution in [0.5, 0.6) is 0 Å². The molecular weight excluding hydrogens is 202 g/mol. The number of rotatable bonds is 4. The molecule has 0 radical (unpaired) electrons. The van der Waals surface area contributed by atoms with Crippen LogP contribution in [0, 0.1) is 0 Å². The number of nitrogens with zero attached hydrogens (tertiary/aromatic N) is 1. The molecule has 3 N–H and O–H groups in total. The van der Waals surface area contributed by atoms with E-state index in [1.54, 1.807) is 6.92 Å². The molecule has 0 aliphatic carbocycles. The zero-order valence-electron chi connectivity index (χ0n) is 9.40. The van der Waals surface area contributed by atoms with E-state index in [-0.39, 0.29) is 6.10 Å². The van der Waals surface area contributed by atoms with Crippen LogP contribution in [0.2, 0.25) is 0 Å². The van der Waals surface area contributed by atoms with Gasteiger partial charge >= 0.3 is 0 Å². The van der Waals surface area contributed by atoms with Crippen LogP contribution in [0.25, 0.3) is 0 Å². The molecule has 86 valence electrons. The van der Waals surface area contributed by atoms with Gasteiger partial charge in [-0.1, -0.05) is 12.1 Å². The molecule has 1 aromatic rings. The summed E-state index contributed by atoms with van der Waals surface area (Å²) in [5.74, 6) is 0.939. The second-order valence-electron chi connectivity index (χ2n) is 3.93. The first-order valence-corrected chi connectivity index (χ1v) is 5.57. The van der Waals surface area contributed by atoms with Crippen molar-refractivity contribution in [3.8, 4) is 0 Å². The van der Waals surface area contributed by atoms with Gasteiger partial charge in [-0.05, 0) is 19.1 Å². The number of aliphatic hydroxyl groups is 1. The Hall–Kier alpha value is -1.55. The molecule has 0 amide bonds. The molecule has 0 saturated carbocycles. The fraction of sp³-hybridized carbons (Fsp3) is 0.417. The van der Waals surface area contributed by atoms with E-state index in [0.717, 1.165) is 30.2 Å². The summed E-state index contributed by atoms with van der Waals surface area (Å²) in [4.78, 5) is 4.40. The zero-order chi connectivity index (χ0) is 11.4. The molecule has 1 atom stereocenters. The molecule has 0 saturated heterocycles. The van der Waals surface area contributed by atoms with Gasteiger partial charge in [-0.25, -0.2) is 0 Å². The highest BCUT2D eigenvalue weighted by Crippen LogP contribution is 2.16. The third-order valence-electron chi connectivity index (χ3n) is 2.44. The SMILES string of the molecule is CC(O)CNc1ccccc1C1=NCCN1. The molecule has 1 heterocycles. The second kappa shape index (κ2) is 4.99. The van der Waals surface area contributed by atoms with E-state index in [9.17, 15) is 5.11 Å². The maximum Gasteiger partial charge on any atom is 0.130 e. The van der Waals surface area contributed by atoms with Crippen molar-refractivity contribution < 1.29 is 5.11 Å². The normalized spacial score (nSPS) is 16.5. The van der Waals surface area contributed by atoms with Gasteiger partial charge in [0.15, 0.2) is 0 Å². The van der Waals surface area contributed by atoms with Crippen molar-refractivity contribution in [1.29, 1.82) is 0 Å². The van der Waals surface area contributed by atoms with E-state index in [1.807, 2.05) is 24.3 Å². The van der Waals surface area contributed by atoms with Gasteiger partial charge in [-0.3, -0.25) is 4.99 Å². The van der Waals surface area contributed by atoms with Gasteiger partial charge in [0.05, 0.1) is 12.6 Å². The van der Waals surface area contributed by atoms with Gasteiger partial charge in [0, 0.05) is 24.3 Å². The molecule has 0 fully saturated rings. The topological polar surface area (TPSA) is 56.6 Å². The van der Waals surface area contributed by atoms with Crippen LogP contribution < -0.4 is 10.6 Å². The molecule has 0 aromatic heterocycles. The van der Waals surface area contributed by atoms with Crippen molar-refractivity contribution in [3.05, 3.63) is 29.8 Å². The Bertz CT molecular complexity index is 388. The van der Waals surface area contributed by atoms with E-state index in [0.29, 0.717) is 6.54 Å². The number of aliphatic imine (C=N–C) groups is 1. The minimum absolute atomic E-state index is 0.355. The van der Waals surface area contributed by atoms with Gasteiger partial charge in [0.1, 0.15) is 5.84 Å². The number of anilines is 1. The Balaban J connectivity index is 2.17. The highest BCUT2D eigenvalue weighted by Gasteiger charge is 2.11. The van der Waals surface area contributed by atoms with E-state index in [1.165, 1.54) is 0 Å². The van der Waals surface area contributed by atoms with Crippen molar-refractivity contribution >= 4 is 11.5 Å². The minimum atomic E-state index is -0.355. The summed E-state index contributed by atoms with van der Waals surface area (Å²) >= 11 is 0. The molecule has 16 heavy (non-hydrogen) atoms. The lowest BCUT2D eigenvalue weighted by Gasteiger charge is -2.13. The summed E-state index contributed by atoms with van der Waals surface area (Å²) in [7, 11) is 0. The number of hydrogen-bond donors (Lipinski definition) is 3. The maximum absolute atomic E-state index is 9.26. The van der Waals surface area contributed by atoms with E-state index < -0.39 is 0 Å². The van der Waals surface area contributed by atoms with Crippen molar-refractivity contribution in [2.24, 2.45) is 4.99 Å². The molecule has 1 aliphatic heterocycles. The Labute approximate surface area is 95.4 Å². The average Bonchev–Trinajstić information content (AvgIpc) is 2.80. The largest absolute Gasteiger partial charge is 0.392 e. The molecule has 0 bridgehead atoms. The quantitative estimate of drug-likeness (QED) is 0.703. The van der Waals surface area contributed by atoms with E-state index in [2.05, 4.69) is 15.6 Å². The summed E-state index contributed by atoms with van der Waals surface area (Å²) in [5, 5.41) is 15.7. The Morgan fingerprint density at radius 3 is 3.00 bits per heavy atom. The van der Waals surface area contributed by atoms with Gasteiger partial charge in [0.2, 0.25) is 0 Å². The Kier molecular flexibility index (Phi) is 3.41. The molecule has 1 aliphatic rings. The minimum Gasteiger partial charge on any atom is -0.392 e. The summed E-state index contributed by atoms with van der Waals surface area (Å²) < 4.78 is 0. The van der Waals surface area contributed by atoms with Crippen LogP contribution in [-0.4, -0.2) is 36.7 Å². The third kappa shape index (κ3) is 2.52. The fourth-order valence-electron chi connectivity index (χ4n) is 1.68. The molecule has 1 aromatic carbocycles. The van der Waals surface area contributed by atoms with Crippen molar-refractivity contribution in [1.82, 2.24) is 5.32 Å². The molecule has 0 spiro atoms. The molecule has 4 heteroatoms. The lowest BCUT2D eigenvalue weighted by molar-refractivity contribution is 0.208. The molecule has 2 rings (SSSR count). The van der Waals surface area contributed by atoms with Gasteiger partial charge in [0.25, 0.3) is 0 Å². The van der Waals surface area contributed by atoms with Crippen LogP contribution >= 0.6 is 0 Å². The first-order chi connectivity index (χ1) is 7.77. The number of nitrogens with one attached hydrogen (secondary N) is 2. The number of hydrogen-bond acceptors (Lipinski definition) is 4. The summed E-state index contributed by atoms with van der Waals surface area (Å²) in [5.41, 5.74) is 2.08. The van der Waals surface area contributed by atoms with Crippen molar-refractivity contribution in [3.63, 3.8) is 0 Å². The summed E-state index contributed by atoms with van der Waals surface area (Å²) in [6.45, 7) is 4.05. The zero-order valence-corrected chi connectivity index (χ0v) is 9.40. The summed E-state index contributed by atoms with van der Waals surface area (Å²) in [6.07, 6.45) is -0.355. The van der Waals surface area contributed by atoms with E-state index >= 15 is 0 Å². The number of amidine groups is 1. The van der Waals surface area contributed by atoms with Crippen LogP contribution in [0.4, 0.5) is 5.69 Å². The highest BCUT2D eigenvalue weighted by molar-refractivity contribution is 6.04. The van der Waals surface area contributed by atoms with E-state index in [4.69, 9.17) is 0 Å². The third-order valence-corrected chi connectivity index (χ3v) is 2.44. The van der Waals surface area contributed by atoms with Crippen LogP contribution in [0.1, 0.15) is 12.5 Å². The first kappa shape index (κ1) is 11.0. The number of benzene rings is 1. The molecular formula is C12H17N3O. The predicted molar refractivity (Wildman–Crippen MR) is 66.0 cm³/mol. The molecule has 1 unspecified atom stereocenters. The Morgan fingerprint density at radius 2 is 2.31 bits per heavy atom. The van der Waals surface area contributed by atoms with Gasteiger partial charge in [-0.2, -0.15) is 0 Å². The van der Waals surface area contributed by atoms with Crippen LogP contribution in [0.3, 0.4) is 0 Å². The highest BCUT2D eigenvalue weighted by atomic mass is 16.3. The second-order valence-corrected chi connectivity index (χ2v) is 3.93. The van der Waals surface area contributed by atoms with Crippen LogP contribution in [0.15, 0.2) is 29.3 Å². The van der Waals surface area contributed by atoms with Crippen molar-refractivity contribution in [2.75, 3.05) is 25.0 Å². The standard InChI is InChI=1S/C12H17N3O/c1-9(16)8-15-11-5-3-2-4-10(11)12-13-6-7-14-12/h2-5,9,15-16H,6-8H2,1H3,(H,13,14). The number of aliphatic hydroxyl groups excluding tert-OH is 1. The van der Waals surface area contributed by atoms with Gasteiger partial charge in [-0.15, -0.1) is 0 Å². The van der Waals surface area contributed by atoms with Gasteiger partial charge < -0.3 is 15.7 Å². The maximum atomic E-state index is 9.26. The smallest absolute Gasteiger partial charge is 0.130 e. The average molecular weight is 219 g/mol. The first-order valence-electron chi connectivity index (χ1n) is 5.57. The van der Waals surface area contributed by atoms with Crippen molar-refractivity contribution in [2.45, 2.75) is 13.0 Å². The lowest BCUT2D eigenvalue weighted by atomic mass is 10.1. The van der Waals surface area contributed by atoms with Crippen LogP contribution in [-0.2, 0) is 0 Å². The number of para-hydroxylation sites is 1. The predicted octanol–water partition coefficient (Wildman–Crippen LogP) is 0.829. The molecule has 4 nitrogen and oxygen atoms in total. The lowest BCUT2D eigenvalue weighted by Crippen LogP contribution is -2.22. The monoisotopic (exact) mass is 219 g/mol. The summed E-state index contributed by atoms with van der Waals surface area (Å²) in [6, 6.07) is 8.00. The fourth-order valence-corrected chi connectivity index (χ4v) is 1.68.